The predicted molar refractivity (Wildman–Crippen MR) is 96.0 cm³/mol. The Hall–Kier alpha value is -2.48. The van der Waals surface area contributed by atoms with Crippen molar-refractivity contribution in [3.63, 3.8) is 0 Å². The summed E-state index contributed by atoms with van der Waals surface area (Å²) in [6.07, 6.45) is 7.20. The van der Waals surface area contributed by atoms with Crippen molar-refractivity contribution in [3.05, 3.63) is 71.5 Å². The van der Waals surface area contributed by atoms with Crippen LogP contribution in [0.3, 0.4) is 0 Å². The number of H-pyrrole nitrogens is 2. The van der Waals surface area contributed by atoms with E-state index in [4.69, 9.17) is 0 Å². The standard InChI is InChI=1S/C21H20N2/c1-4-10-18-14(7-1)17(13-22-18)15-8-2-6-12-20-21(15)16-9-3-5-11-19(16)23-20/h1,3-5,7,9-11,13,15,22-23H,2,6,8,12H2. The molecule has 2 heteroatoms. The summed E-state index contributed by atoms with van der Waals surface area (Å²) < 4.78 is 0. The highest BCUT2D eigenvalue weighted by Crippen LogP contribution is 2.42. The van der Waals surface area contributed by atoms with E-state index in [0.29, 0.717) is 5.92 Å². The van der Waals surface area contributed by atoms with Crippen molar-refractivity contribution in [2.75, 3.05) is 0 Å². The molecule has 1 unspecified atom stereocenters. The molecule has 23 heavy (non-hydrogen) atoms. The van der Waals surface area contributed by atoms with Crippen molar-refractivity contribution in [2.45, 2.75) is 31.6 Å². The van der Waals surface area contributed by atoms with Gasteiger partial charge in [-0.25, -0.2) is 0 Å². The summed E-state index contributed by atoms with van der Waals surface area (Å²) in [5.41, 5.74) is 6.95. The van der Waals surface area contributed by atoms with E-state index in [0.717, 1.165) is 0 Å². The van der Waals surface area contributed by atoms with E-state index >= 15 is 0 Å². The van der Waals surface area contributed by atoms with Gasteiger partial charge in [-0.1, -0.05) is 42.8 Å². The number of nitrogens with one attached hydrogen (secondary N) is 2. The van der Waals surface area contributed by atoms with E-state index in [-0.39, 0.29) is 0 Å². The molecule has 0 amide bonds. The predicted octanol–water partition coefficient (Wildman–Crippen LogP) is 5.51. The van der Waals surface area contributed by atoms with Crippen molar-refractivity contribution in [1.82, 2.24) is 9.97 Å². The third-order valence-electron chi connectivity index (χ3n) is 5.34. The van der Waals surface area contributed by atoms with E-state index in [1.54, 1.807) is 0 Å². The molecule has 114 valence electrons. The van der Waals surface area contributed by atoms with Gasteiger partial charge in [0.05, 0.1) is 0 Å². The third kappa shape index (κ3) is 1.94. The minimum absolute atomic E-state index is 0.486. The maximum absolute atomic E-state index is 3.69. The molecule has 0 saturated heterocycles. The van der Waals surface area contributed by atoms with Gasteiger partial charge >= 0.3 is 0 Å². The van der Waals surface area contributed by atoms with Crippen molar-refractivity contribution in [1.29, 1.82) is 0 Å². The second-order valence-electron chi connectivity index (χ2n) is 6.65. The fourth-order valence-electron chi connectivity index (χ4n) is 4.30. The lowest BCUT2D eigenvalue weighted by atomic mass is 9.87. The second kappa shape index (κ2) is 5.02. The average molecular weight is 300 g/mol. The van der Waals surface area contributed by atoms with E-state index in [1.165, 1.54) is 64.3 Å². The number of fused-ring (bicyclic) bond motifs is 4. The topological polar surface area (TPSA) is 31.6 Å². The van der Waals surface area contributed by atoms with Gasteiger partial charge in [-0.15, -0.1) is 0 Å². The number of rotatable bonds is 1. The number of aromatic amines is 2. The van der Waals surface area contributed by atoms with Crippen LogP contribution in [0, 0.1) is 0 Å². The van der Waals surface area contributed by atoms with E-state index in [1.807, 2.05) is 0 Å². The van der Waals surface area contributed by atoms with Gasteiger partial charge in [0.1, 0.15) is 0 Å². The van der Waals surface area contributed by atoms with Crippen LogP contribution in [0.25, 0.3) is 21.8 Å². The Morgan fingerprint density at radius 1 is 0.826 bits per heavy atom. The molecule has 1 atom stereocenters. The smallest absolute Gasteiger partial charge is 0.0459 e. The van der Waals surface area contributed by atoms with E-state index in [2.05, 4.69) is 64.7 Å². The van der Waals surface area contributed by atoms with Gasteiger partial charge in [0.2, 0.25) is 0 Å². The van der Waals surface area contributed by atoms with Gasteiger partial charge in [0.15, 0.2) is 0 Å². The summed E-state index contributed by atoms with van der Waals surface area (Å²) in [6.45, 7) is 0. The first-order chi connectivity index (χ1) is 11.4. The Balaban J connectivity index is 1.78. The van der Waals surface area contributed by atoms with Crippen LogP contribution in [0.5, 0.6) is 0 Å². The summed E-state index contributed by atoms with van der Waals surface area (Å²) in [7, 11) is 0. The highest BCUT2D eigenvalue weighted by molar-refractivity contribution is 5.89. The number of aryl methyl sites for hydroxylation is 1. The van der Waals surface area contributed by atoms with Crippen LogP contribution in [0.4, 0.5) is 0 Å². The molecule has 1 aliphatic rings. The molecule has 0 spiro atoms. The van der Waals surface area contributed by atoms with Gasteiger partial charge in [0.25, 0.3) is 0 Å². The highest BCUT2D eigenvalue weighted by Gasteiger charge is 2.26. The minimum Gasteiger partial charge on any atom is -0.361 e. The molecular weight excluding hydrogens is 280 g/mol. The van der Waals surface area contributed by atoms with Crippen LogP contribution >= 0.6 is 0 Å². The fourth-order valence-corrected chi connectivity index (χ4v) is 4.30. The summed E-state index contributed by atoms with van der Waals surface area (Å²) in [5.74, 6) is 0.486. The molecule has 2 N–H and O–H groups in total. The van der Waals surface area contributed by atoms with Crippen molar-refractivity contribution in [2.24, 2.45) is 0 Å². The SMILES string of the molecule is c1ccc2c(C3CCCCc4[nH]c5ccccc5c43)c[nH]c2c1. The lowest BCUT2D eigenvalue weighted by Crippen LogP contribution is -2.00. The van der Waals surface area contributed by atoms with Gasteiger partial charge in [0, 0.05) is 39.6 Å². The molecule has 0 bridgehead atoms. The Morgan fingerprint density at radius 3 is 2.52 bits per heavy atom. The molecule has 0 aliphatic heterocycles. The van der Waals surface area contributed by atoms with Crippen molar-refractivity contribution in [3.8, 4) is 0 Å². The van der Waals surface area contributed by atoms with Gasteiger partial charge in [-0.05, 0) is 42.5 Å². The van der Waals surface area contributed by atoms with Crippen LogP contribution in [0.1, 0.15) is 42.0 Å². The minimum atomic E-state index is 0.486. The summed E-state index contributed by atoms with van der Waals surface area (Å²) in [5, 5.41) is 2.77. The lowest BCUT2D eigenvalue weighted by molar-refractivity contribution is 0.661. The van der Waals surface area contributed by atoms with Crippen molar-refractivity contribution >= 4 is 21.8 Å². The first kappa shape index (κ1) is 13.0. The number of hydrogen-bond acceptors (Lipinski definition) is 0. The molecule has 2 heterocycles. The van der Waals surface area contributed by atoms with Crippen LogP contribution in [-0.4, -0.2) is 9.97 Å². The molecule has 2 aromatic heterocycles. The van der Waals surface area contributed by atoms with Crippen LogP contribution < -0.4 is 0 Å². The first-order valence-corrected chi connectivity index (χ1v) is 8.57. The quantitative estimate of drug-likeness (QED) is 0.435. The molecule has 4 aromatic rings. The number of hydrogen-bond donors (Lipinski definition) is 2. The van der Waals surface area contributed by atoms with Crippen molar-refractivity contribution < 1.29 is 0 Å². The maximum atomic E-state index is 3.69. The number of para-hydroxylation sites is 2. The highest BCUT2D eigenvalue weighted by atomic mass is 14.7. The van der Waals surface area contributed by atoms with Crippen LogP contribution in [-0.2, 0) is 6.42 Å². The molecule has 1 aliphatic carbocycles. The molecule has 0 saturated carbocycles. The second-order valence-corrected chi connectivity index (χ2v) is 6.65. The normalized spacial score (nSPS) is 18.2. The average Bonchev–Trinajstić information content (AvgIpc) is 3.11. The maximum Gasteiger partial charge on any atom is 0.0459 e. The Morgan fingerprint density at radius 2 is 1.61 bits per heavy atom. The van der Waals surface area contributed by atoms with E-state index in [9.17, 15) is 0 Å². The largest absolute Gasteiger partial charge is 0.361 e. The zero-order chi connectivity index (χ0) is 15.2. The zero-order valence-electron chi connectivity index (χ0n) is 13.1. The van der Waals surface area contributed by atoms with Gasteiger partial charge in [-0.2, -0.15) is 0 Å². The molecule has 2 aromatic carbocycles. The number of benzene rings is 2. The Bertz CT molecular complexity index is 989. The van der Waals surface area contributed by atoms with Crippen LogP contribution in [0.15, 0.2) is 54.7 Å². The third-order valence-corrected chi connectivity index (χ3v) is 5.34. The number of aromatic nitrogens is 2. The first-order valence-electron chi connectivity index (χ1n) is 8.57. The molecular formula is C21H20N2. The van der Waals surface area contributed by atoms with Gasteiger partial charge < -0.3 is 9.97 Å². The molecule has 5 rings (SSSR count). The Labute approximate surface area is 135 Å². The van der Waals surface area contributed by atoms with Crippen LogP contribution in [0.2, 0.25) is 0 Å². The zero-order valence-corrected chi connectivity index (χ0v) is 13.1. The monoisotopic (exact) mass is 300 g/mol. The summed E-state index contributed by atoms with van der Waals surface area (Å²) in [4.78, 5) is 7.15. The fraction of sp³-hybridized carbons (Fsp3) is 0.238. The molecule has 0 fully saturated rings. The summed E-state index contributed by atoms with van der Waals surface area (Å²) >= 11 is 0. The van der Waals surface area contributed by atoms with E-state index < -0.39 is 0 Å². The molecule has 2 nitrogen and oxygen atoms in total. The lowest BCUT2D eigenvalue weighted by Gasteiger charge is -2.15. The molecule has 0 radical (unpaired) electrons. The summed E-state index contributed by atoms with van der Waals surface area (Å²) in [6, 6.07) is 17.4. The Kier molecular flexibility index (Phi) is 2.84. The van der Waals surface area contributed by atoms with Gasteiger partial charge in [-0.3, -0.25) is 0 Å².